The molecule has 4 rings (SSSR count). The first-order chi connectivity index (χ1) is 28.1. The third-order valence-corrected chi connectivity index (χ3v) is 13.5. The van der Waals surface area contributed by atoms with Gasteiger partial charge in [-0.1, -0.05) is 241 Å². The Labute approximate surface area is 370 Å². The van der Waals surface area contributed by atoms with Gasteiger partial charge in [-0.05, 0) is 58.4 Å². The molecule has 0 radical (unpaired) electrons. The van der Waals surface area contributed by atoms with Crippen LogP contribution in [0.5, 0.6) is 0 Å². The number of fused-ring (bicyclic) bond motifs is 2. The predicted molar refractivity (Wildman–Crippen MR) is 243 cm³/mol. The van der Waals surface area contributed by atoms with E-state index in [9.17, 15) is 25.9 Å². The quantitative estimate of drug-likeness (QED) is 0.0293. The van der Waals surface area contributed by atoms with Crippen LogP contribution >= 0.6 is 0 Å². The fourth-order valence-corrected chi connectivity index (χ4v) is 10.1. The normalized spacial score (nSPS) is 11.7. The summed E-state index contributed by atoms with van der Waals surface area (Å²) in [6, 6.07) is 21.9. The first-order valence-corrected chi connectivity index (χ1v) is 25.8. The Morgan fingerprint density at radius 3 is 0.881 bits per heavy atom. The summed E-state index contributed by atoms with van der Waals surface area (Å²) in [5.74, 6) is 0. The molecule has 0 spiro atoms. The molecule has 0 fully saturated rings. The van der Waals surface area contributed by atoms with Gasteiger partial charge in [0.15, 0.2) is 0 Å². The third-order valence-electron chi connectivity index (χ3n) is 11.5. The Kier molecular flexibility index (Phi) is 27.5. The molecule has 59 heavy (non-hydrogen) atoms. The third kappa shape index (κ3) is 20.9. The SMILES string of the molecule is CCCCCCCCCCCCCCCc1ccc2ccccc2c1S(=O)(=O)[O-].CCCCCCCCCCCCCCCc1ccc2ccccc2c1S(=O)(=O)[O-].[Fe+2]. The zero-order chi connectivity index (χ0) is 41.9. The molecule has 9 heteroatoms. The van der Waals surface area contributed by atoms with Gasteiger partial charge < -0.3 is 9.11 Å². The molecule has 0 N–H and O–H groups in total. The van der Waals surface area contributed by atoms with Gasteiger partial charge in [0.05, 0.1) is 9.79 Å². The van der Waals surface area contributed by atoms with Crippen LogP contribution in [0.4, 0.5) is 0 Å². The first-order valence-electron chi connectivity index (χ1n) is 23.0. The smallest absolute Gasteiger partial charge is 0.744 e. The zero-order valence-electron chi connectivity index (χ0n) is 36.3. The monoisotopic (exact) mass is 890 g/mol. The Morgan fingerprint density at radius 2 is 0.610 bits per heavy atom. The van der Waals surface area contributed by atoms with E-state index in [0.29, 0.717) is 34.7 Å². The maximum atomic E-state index is 11.8. The molecule has 0 aliphatic carbocycles. The van der Waals surface area contributed by atoms with Crippen molar-refractivity contribution in [3.8, 4) is 0 Å². The minimum Gasteiger partial charge on any atom is -0.744 e. The summed E-state index contributed by atoms with van der Waals surface area (Å²) in [6.45, 7) is 4.51. The first kappa shape index (κ1) is 52.9. The maximum absolute atomic E-state index is 11.8. The molecule has 0 saturated heterocycles. The molecule has 0 aliphatic heterocycles. The minimum atomic E-state index is -4.48. The molecule has 0 aromatic heterocycles. The van der Waals surface area contributed by atoms with E-state index in [0.717, 1.165) is 36.5 Å². The molecule has 0 atom stereocenters. The molecule has 4 aromatic rings. The van der Waals surface area contributed by atoms with Crippen LogP contribution in [-0.2, 0) is 50.1 Å². The molecular formula is C50H74FeO6S2. The zero-order valence-corrected chi connectivity index (χ0v) is 39.1. The van der Waals surface area contributed by atoms with E-state index in [1.807, 2.05) is 48.5 Å². The van der Waals surface area contributed by atoms with Crippen LogP contribution in [0.2, 0.25) is 0 Å². The average Bonchev–Trinajstić information content (AvgIpc) is 3.20. The summed E-state index contributed by atoms with van der Waals surface area (Å²) in [4.78, 5) is -0.0379. The number of rotatable bonds is 30. The van der Waals surface area contributed by atoms with E-state index in [1.165, 1.54) is 141 Å². The predicted octanol–water partition coefficient (Wildman–Crippen LogP) is 14.8. The molecule has 330 valence electrons. The Bertz CT molecular complexity index is 1800. The van der Waals surface area contributed by atoms with E-state index in [-0.39, 0.29) is 26.9 Å². The van der Waals surface area contributed by atoms with Crippen molar-refractivity contribution < 1.29 is 43.0 Å². The van der Waals surface area contributed by atoms with Gasteiger partial charge in [0.2, 0.25) is 0 Å². The molecule has 0 saturated carbocycles. The summed E-state index contributed by atoms with van der Waals surface area (Å²) < 4.78 is 71.1. The molecule has 0 unspecified atom stereocenters. The van der Waals surface area contributed by atoms with Gasteiger partial charge in [-0.3, -0.25) is 0 Å². The van der Waals surface area contributed by atoms with E-state index in [1.54, 1.807) is 24.3 Å². The van der Waals surface area contributed by atoms with Crippen LogP contribution in [0, 0.1) is 0 Å². The van der Waals surface area contributed by atoms with Crippen molar-refractivity contribution in [3.63, 3.8) is 0 Å². The van der Waals surface area contributed by atoms with Crippen LogP contribution in [-0.4, -0.2) is 25.9 Å². The summed E-state index contributed by atoms with van der Waals surface area (Å²) in [5.41, 5.74) is 1.34. The Balaban J connectivity index is 0.000000400. The second-order valence-electron chi connectivity index (χ2n) is 16.4. The molecule has 0 heterocycles. The Morgan fingerprint density at radius 1 is 0.356 bits per heavy atom. The Hall–Kier alpha value is -2.26. The van der Waals surface area contributed by atoms with E-state index < -0.39 is 20.2 Å². The number of hydrogen-bond donors (Lipinski definition) is 0. The van der Waals surface area contributed by atoms with Crippen LogP contribution in [0.25, 0.3) is 21.5 Å². The van der Waals surface area contributed by atoms with Crippen molar-refractivity contribution >= 4 is 41.8 Å². The van der Waals surface area contributed by atoms with Gasteiger partial charge in [-0.2, -0.15) is 0 Å². The molecule has 0 aliphatic rings. The van der Waals surface area contributed by atoms with Crippen molar-refractivity contribution in [2.45, 2.75) is 203 Å². The molecule has 4 aromatic carbocycles. The average molecular weight is 891 g/mol. The van der Waals surface area contributed by atoms with Crippen LogP contribution < -0.4 is 0 Å². The van der Waals surface area contributed by atoms with E-state index >= 15 is 0 Å². The van der Waals surface area contributed by atoms with Gasteiger partial charge in [-0.15, -0.1) is 0 Å². The summed E-state index contributed by atoms with van der Waals surface area (Å²) >= 11 is 0. The van der Waals surface area contributed by atoms with Crippen LogP contribution in [0.3, 0.4) is 0 Å². The van der Waals surface area contributed by atoms with Gasteiger partial charge in [0.1, 0.15) is 20.2 Å². The summed E-state index contributed by atoms with van der Waals surface area (Å²) in [5, 5.41) is 2.71. The van der Waals surface area contributed by atoms with E-state index in [4.69, 9.17) is 0 Å². The molecule has 0 bridgehead atoms. The van der Waals surface area contributed by atoms with Crippen molar-refractivity contribution in [2.75, 3.05) is 0 Å². The number of hydrogen-bond acceptors (Lipinski definition) is 6. The fraction of sp³-hybridized carbons (Fsp3) is 0.600. The molecular weight excluding hydrogens is 817 g/mol. The minimum absolute atomic E-state index is 0. The largest absolute Gasteiger partial charge is 2.00 e. The van der Waals surface area contributed by atoms with Crippen molar-refractivity contribution in [1.29, 1.82) is 0 Å². The maximum Gasteiger partial charge on any atom is 2.00 e. The second kappa shape index (κ2) is 30.7. The van der Waals surface area contributed by atoms with Gasteiger partial charge in [0, 0.05) is 0 Å². The second-order valence-corrected chi connectivity index (χ2v) is 19.1. The number of aryl methyl sites for hydroxylation is 2. The fourth-order valence-electron chi connectivity index (χ4n) is 8.23. The number of unbranched alkanes of at least 4 members (excludes halogenated alkanes) is 24. The topological polar surface area (TPSA) is 114 Å². The van der Waals surface area contributed by atoms with Crippen molar-refractivity contribution in [2.24, 2.45) is 0 Å². The molecule has 0 amide bonds. The number of benzene rings is 4. The summed E-state index contributed by atoms with van der Waals surface area (Å²) in [6.07, 6.45) is 34.6. The van der Waals surface area contributed by atoms with Crippen LogP contribution in [0.1, 0.15) is 192 Å². The van der Waals surface area contributed by atoms with Gasteiger partial charge in [0.25, 0.3) is 0 Å². The van der Waals surface area contributed by atoms with Gasteiger partial charge in [-0.25, -0.2) is 16.8 Å². The van der Waals surface area contributed by atoms with Gasteiger partial charge >= 0.3 is 17.1 Å². The molecule has 6 nitrogen and oxygen atoms in total. The van der Waals surface area contributed by atoms with Crippen molar-refractivity contribution in [3.05, 3.63) is 83.9 Å². The van der Waals surface area contributed by atoms with Crippen molar-refractivity contribution in [1.82, 2.24) is 0 Å². The summed E-state index contributed by atoms with van der Waals surface area (Å²) in [7, 11) is -8.96. The van der Waals surface area contributed by atoms with E-state index in [2.05, 4.69) is 13.8 Å². The van der Waals surface area contributed by atoms with Crippen LogP contribution in [0.15, 0.2) is 82.6 Å². The standard InChI is InChI=1S/2C25H38O3S.Fe/c2*1-2-3-4-5-6-7-8-9-10-11-12-13-14-18-23-21-20-22-17-15-16-19-24(22)25(23)29(26,27)28;/h2*15-17,19-21H,2-14,18H2,1H3,(H,26,27,28);/q;;+2/p-2.